The minimum atomic E-state index is -0.167. The maximum atomic E-state index is 12.9. The molecular formula is C16H13ClNO3S. The summed E-state index contributed by atoms with van der Waals surface area (Å²) in [6.07, 6.45) is 3.59. The normalized spacial score (nSPS) is 17.3. The van der Waals surface area contributed by atoms with Crippen molar-refractivity contribution < 1.29 is 14.3 Å². The van der Waals surface area contributed by atoms with E-state index in [0.717, 1.165) is 11.4 Å². The first-order valence-electron chi connectivity index (χ1n) is 6.58. The zero-order valence-electron chi connectivity index (χ0n) is 12.3. The number of hydrogen-bond donors (Lipinski definition) is 0. The average Bonchev–Trinajstić information content (AvgIpc) is 3.10. The SMILES string of the molecule is COC1=C(Cl)CC2=NC(C)=[C]C2=C1C(=O)c1csc(OC)c1. The molecular weight excluding hydrogens is 322 g/mol. The molecule has 22 heavy (non-hydrogen) atoms. The van der Waals surface area contributed by atoms with Crippen LogP contribution in [0.3, 0.4) is 0 Å². The van der Waals surface area contributed by atoms with Gasteiger partial charge in [0.1, 0.15) is 5.76 Å². The van der Waals surface area contributed by atoms with Crippen LogP contribution in [0.4, 0.5) is 0 Å². The Bertz CT molecular complexity index is 783. The quantitative estimate of drug-likeness (QED) is 0.785. The monoisotopic (exact) mass is 334 g/mol. The molecule has 0 fully saturated rings. The van der Waals surface area contributed by atoms with E-state index in [1.807, 2.05) is 6.92 Å². The van der Waals surface area contributed by atoms with Gasteiger partial charge in [-0.25, -0.2) is 0 Å². The van der Waals surface area contributed by atoms with Crippen molar-refractivity contribution in [2.45, 2.75) is 13.3 Å². The van der Waals surface area contributed by atoms with Crippen LogP contribution in [0.5, 0.6) is 5.06 Å². The van der Waals surface area contributed by atoms with Crippen LogP contribution in [-0.2, 0) is 4.74 Å². The van der Waals surface area contributed by atoms with E-state index < -0.39 is 0 Å². The molecule has 0 bridgehead atoms. The zero-order valence-corrected chi connectivity index (χ0v) is 13.9. The molecule has 0 unspecified atom stereocenters. The molecule has 0 amide bonds. The molecule has 2 heterocycles. The summed E-state index contributed by atoms with van der Waals surface area (Å²) in [5.74, 6) is 0.229. The van der Waals surface area contributed by atoms with E-state index in [9.17, 15) is 4.79 Å². The number of allylic oxidation sites excluding steroid dienone is 5. The fourth-order valence-corrected chi connectivity index (χ4v) is 3.47. The number of ether oxygens (including phenoxy) is 2. The van der Waals surface area contributed by atoms with Gasteiger partial charge in [-0.2, -0.15) is 0 Å². The van der Waals surface area contributed by atoms with E-state index in [2.05, 4.69) is 11.1 Å². The van der Waals surface area contributed by atoms with Gasteiger partial charge in [0.15, 0.2) is 10.8 Å². The molecule has 1 aromatic rings. The second-order valence-corrected chi connectivity index (χ2v) is 6.15. The minimum absolute atomic E-state index is 0.167. The van der Waals surface area contributed by atoms with E-state index in [1.54, 1.807) is 18.6 Å². The summed E-state index contributed by atoms with van der Waals surface area (Å²) in [5, 5.41) is 2.91. The average molecular weight is 335 g/mol. The van der Waals surface area contributed by atoms with Crippen molar-refractivity contribution in [3.05, 3.63) is 50.7 Å². The molecule has 0 aromatic carbocycles. The van der Waals surface area contributed by atoms with Crippen molar-refractivity contribution in [1.82, 2.24) is 0 Å². The molecule has 1 radical (unpaired) electrons. The van der Waals surface area contributed by atoms with Crippen LogP contribution < -0.4 is 4.74 Å². The maximum absolute atomic E-state index is 12.9. The van der Waals surface area contributed by atoms with E-state index >= 15 is 0 Å². The Balaban J connectivity index is 2.13. The van der Waals surface area contributed by atoms with Crippen molar-refractivity contribution in [2.75, 3.05) is 14.2 Å². The molecule has 4 nitrogen and oxygen atoms in total. The standard InChI is InChI=1S/C16H13ClNO3S/c1-8-4-10-12(18-8)6-11(17)16(21-3)14(10)15(19)9-5-13(20-2)22-7-9/h5,7H,6H2,1-3H3. The molecule has 113 valence electrons. The Hall–Kier alpha value is -1.85. The minimum Gasteiger partial charge on any atom is -0.495 e. The largest absolute Gasteiger partial charge is 0.495 e. The van der Waals surface area contributed by atoms with Gasteiger partial charge in [-0.1, -0.05) is 11.6 Å². The van der Waals surface area contributed by atoms with Gasteiger partial charge in [-0.15, -0.1) is 11.3 Å². The lowest BCUT2D eigenvalue weighted by Crippen LogP contribution is -2.18. The fraction of sp³-hybridized carbons (Fsp3) is 0.250. The number of thiophene rings is 1. The molecule has 0 saturated carbocycles. The third kappa shape index (κ3) is 2.40. The Morgan fingerprint density at radius 2 is 2.18 bits per heavy atom. The van der Waals surface area contributed by atoms with Gasteiger partial charge in [0.05, 0.1) is 30.5 Å². The van der Waals surface area contributed by atoms with Crippen molar-refractivity contribution in [3.63, 3.8) is 0 Å². The van der Waals surface area contributed by atoms with Crippen LogP contribution >= 0.6 is 22.9 Å². The zero-order chi connectivity index (χ0) is 15.9. The lowest BCUT2D eigenvalue weighted by atomic mass is 9.90. The van der Waals surface area contributed by atoms with Crippen molar-refractivity contribution in [2.24, 2.45) is 4.99 Å². The van der Waals surface area contributed by atoms with Crippen LogP contribution in [0.2, 0.25) is 0 Å². The van der Waals surface area contributed by atoms with Crippen LogP contribution in [0.1, 0.15) is 23.7 Å². The van der Waals surface area contributed by atoms with Gasteiger partial charge in [0, 0.05) is 40.8 Å². The Morgan fingerprint density at radius 1 is 1.41 bits per heavy atom. The summed E-state index contributed by atoms with van der Waals surface area (Å²) >= 11 is 7.65. The maximum Gasteiger partial charge on any atom is 0.198 e. The molecule has 0 saturated heterocycles. The molecule has 1 aromatic heterocycles. The number of methoxy groups -OCH3 is 2. The number of rotatable bonds is 4. The van der Waals surface area contributed by atoms with Crippen LogP contribution in [0.25, 0.3) is 0 Å². The lowest BCUT2D eigenvalue weighted by Gasteiger charge is -2.19. The number of ketones is 1. The van der Waals surface area contributed by atoms with E-state index in [-0.39, 0.29) is 5.78 Å². The van der Waals surface area contributed by atoms with Crippen molar-refractivity contribution in [3.8, 4) is 5.06 Å². The highest BCUT2D eigenvalue weighted by Gasteiger charge is 2.33. The molecule has 0 spiro atoms. The molecule has 3 rings (SSSR count). The fourth-order valence-electron chi connectivity index (χ4n) is 2.47. The Morgan fingerprint density at radius 3 is 2.82 bits per heavy atom. The highest BCUT2D eigenvalue weighted by atomic mass is 35.5. The highest BCUT2D eigenvalue weighted by Crippen LogP contribution is 2.38. The number of nitrogens with zero attached hydrogens (tertiary/aromatic N) is 1. The number of carbonyl (C=O) groups excluding carboxylic acids is 1. The molecule has 0 N–H and O–H groups in total. The predicted molar refractivity (Wildman–Crippen MR) is 86.6 cm³/mol. The summed E-state index contributed by atoms with van der Waals surface area (Å²) in [4.78, 5) is 17.3. The van der Waals surface area contributed by atoms with E-state index in [4.69, 9.17) is 21.1 Å². The smallest absolute Gasteiger partial charge is 0.198 e. The second kappa shape index (κ2) is 5.74. The van der Waals surface area contributed by atoms with Crippen molar-refractivity contribution >= 4 is 34.4 Å². The summed E-state index contributed by atoms with van der Waals surface area (Å²) in [6, 6.07) is 1.71. The lowest BCUT2D eigenvalue weighted by molar-refractivity contribution is 0.102. The number of halogens is 1. The van der Waals surface area contributed by atoms with E-state index in [1.165, 1.54) is 18.4 Å². The molecule has 6 heteroatoms. The third-order valence-electron chi connectivity index (χ3n) is 3.41. The van der Waals surface area contributed by atoms with Gasteiger partial charge < -0.3 is 9.47 Å². The number of fused-ring (bicyclic) bond motifs is 1. The molecule has 0 atom stereocenters. The van der Waals surface area contributed by atoms with Gasteiger partial charge >= 0.3 is 0 Å². The third-order valence-corrected chi connectivity index (χ3v) is 4.61. The molecule has 1 aliphatic carbocycles. The summed E-state index contributed by atoms with van der Waals surface area (Å²) in [5.41, 5.74) is 3.12. The first-order valence-corrected chi connectivity index (χ1v) is 7.84. The summed E-state index contributed by atoms with van der Waals surface area (Å²) in [7, 11) is 3.08. The first-order chi connectivity index (χ1) is 10.5. The number of aliphatic imine (C=N–C) groups is 1. The van der Waals surface area contributed by atoms with Crippen LogP contribution in [0, 0.1) is 6.08 Å². The second-order valence-electron chi connectivity index (χ2n) is 4.82. The number of Topliss-reactive ketones (excluding diaryl/α,β-unsaturated/α-hetero) is 1. The Labute approximate surface area is 137 Å². The molecule has 2 aliphatic rings. The topological polar surface area (TPSA) is 47.9 Å². The summed E-state index contributed by atoms with van der Waals surface area (Å²) in [6.45, 7) is 1.84. The Kier molecular flexibility index (Phi) is 3.93. The van der Waals surface area contributed by atoms with Gasteiger partial charge in [0.25, 0.3) is 0 Å². The summed E-state index contributed by atoms with van der Waals surface area (Å²) < 4.78 is 10.5. The predicted octanol–water partition coefficient (Wildman–Crippen LogP) is 3.90. The van der Waals surface area contributed by atoms with Gasteiger partial charge in [-0.05, 0) is 6.92 Å². The highest BCUT2D eigenvalue weighted by molar-refractivity contribution is 7.12. The first kappa shape index (κ1) is 15.1. The van der Waals surface area contributed by atoms with E-state index in [0.29, 0.717) is 39.0 Å². The number of hydrogen-bond acceptors (Lipinski definition) is 5. The number of carbonyl (C=O) groups is 1. The van der Waals surface area contributed by atoms with Crippen LogP contribution in [-0.4, -0.2) is 25.7 Å². The van der Waals surface area contributed by atoms with Gasteiger partial charge in [-0.3, -0.25) is 9.79 Å². The van der Waals surface area contributed by atoms with Crippen molar-refractivity contribution in [1.29, 1.82) is 0 Å². The van der Waals surface area contributed by atoms with Crippen LogP contribution in [0.15, 0.2) is 44.1 Å². The van der Waals surface area contributed by atoms with Gasteiger partial charge in [0.2, 0.25) is 0 Å². The molecule has 1 aliphatic heterocycles.